The molecule has 1 N–H and O–H groups in total. The minimum atomic E-state index is -3.63. The molecule has 0 bridgehead atoms. The molecule has 1 saturated carbocycles. The van der Waals surface area contributed by atoms with Crippen molar-refractivity contribution in [3.63, 3.8) is 0 Å². The van der Waals surface area contributed by atoms with Crippen LogP contribution < -0.4 is 5.32 Å². The highest BCUT2D eigenvalue weighted by Gasteiger charge is 2.29. The molecule has 3 rings (SSSR count). The fraction of sp³-hybridized carbons (Fsp3) is 0.636. The van der Waals surface area contributed by atoms with Crippen LogP contribution in [-0.4, -0.2) is 50.3 Å². The summed E-state index contributed by atoms with van der Waals surface area (Å²) in [7, 11) is -3.63. The molecule has 1 aliphatic heterocycles. The molecular weight excluding hydrogens is 404 g/mol. The summed E-state index contributed by atoms with van der Waals surface area (Å²) in [5, 5.41) is 2.97. The minimum absolute atomic E-state index is 0.0771. The van der Waals surface area contributed by atoms with Crippen molar-refractivity contribution in [2.45, 2.75) is 63.3 Å². The number of sulfonamides is 1. The number of benzene rings is 1. The molecule has 7 nitrogen and oxygen atoms in total. The number of nitrogens with zero attached hydrogens (tertiary/aromatic N) is 1. The number of carbonyl (C=O) groups is 2. The topological polar surface area (TPSA) is 92.8 Å². The minimum Gasteiger partial charge on any atom is -0.452 e. The van der Waals surface area contributed by atoms with Gasteiger partial charge >= 0.3 is 5.97 Å². The fourth-order valence-corrected chi connectivity index (χ4v) is 5.85. The molecule has 1 saturated heterocycles. The molecule has 1 aliphatic carbocycles. The summed E-state index contributed by atoms with van der Waals surface area (Å²) in [6, 6.07) is 5.94. The molecule has 1 amide bonds. The van der Waals surface area contributed by atoms with E-state index in [2.05, 4.69) is 19.2 Å². The molecule has 8 heteroatoms. The van der Waals surface area contributed by atoms with Crippen LogP contribution in [0.3, 0.4) is 0 Å². The van der Waals surface area contributed by atoms with Gasteiger partial charge in [-0.3, -0.25) is 4.79 Å². The van der Waals surface area contributed by atoms with Crippen molar-refractivity contribution in [2.75, 3.05) is 19.7 Å². The van der Waals surface area contributed by atoms with Gasteiger partial charge in [-0.1, -0.05) is 39.2 Å². The number of rotatable bonds is 6. The van der Waals surface area contributed by atoms with Crippen molar-refractivity contribution < 1.29 is 22.7 Å². The maximum atomic E-state index is 12.8. The van der Waals surface area contributed by atoms with Gasteiger partial charge in [-0.2, -0.15) is 4.31 Å². The second-order valence-corrected chi connectivity index (χ2v) is 10.4. The van der Waals surface area contributed by atoms with Crippen molar-refractivity contribution in [3.8, 4) is 0 Å². The number of hydrogen-bond acceptors (Lipinski definition) is 5. The van der Waals surface area contributed by atoms with E-state index in [0.29, 0.717) is 24.9 Å². The van der Waals surface area contributed by atoms with Gasteiger partial charge in [-0.25, -0.2) is 13.2 Å². The average molecular weight is 437 g/mol. The Labute approximate surface area is 179 Å². The smallest absolute Gasteiger partial charge is 0.338 e. The van der Waals surface area contributed by atoms with E-state index >= 15 is 0 Å². The van der Waals surface area contributed by atoms with Gasteiger partial charge in [0.1, 0.15) is 0 Å². The van der Waals surface area contributed by atoms with Crippen LogP contribution in [0.1, 0.15) is 62.7 Å². The molecule has 0 radical (unpaired) electrons. The number of nitrogens with one attached hydrogen (secondary N) is 1. The van der Waals surface area contributed by atoms with Crippen LogP contribution in [0.5, 0.6) is 0 Å². The van der Waals surface area contributed by atoms with Gasteiger partial charge in [0.15, 0.2) is 6.61 Å². The summed E-state index contributed by atoms with van der Waals surface area (Å²) in [5.74, 6) is -0.0939. The lowest BCUT2D eigenvalue weighted by Crippen LogP contribution is -2.45. The average Bonchev–Trinajstić information content (AvgIpc) is 2.76. The standard InChI is InChI=1S/C22H32N2O5S/c1-16-8-6-11-20(17(16)2)23-21(25)15-29-22(26)18-9-7-10-19(14-18)30(27,28)24-12-4-3-5-13-24/h7,9-10,14,16-17,20H,3-6,8,11-13,15H2,1-2H3,(H,23,25)/t16-,17-,20-/m1/s1. The van der Waals surface area contributed by atoms with E-state index in [0.717, 1.165) is 32.1 Å². The molecule has 30 heavy (non-hydrogen) atoms. The molecule has 3 atom stereocenters. The largest absolute Gasteiger partial charge is 0.452 e. The normalized spacial score (nSPS) is 25.5. The van der Waals surface area contributed by atoms with E-state index in [1.165, 1.54) is 35.0 Å². The Bertz CT molecular complexity index is 864. The van der Waals surface area contributed by atoms with E-state index in [1.54, 1.807) is 0 Å². The molecule has 2 aliphatic rings. The van der Waals surface area contributed by atoms with Gasteiger partial charge in [0.2, 0.25) is 10.0 Å². The maximum absolute atomic E-state index is 12.8. The van der Waals surface area contributed by atoms with Gasteiger partial charge < -0.3 is 10.1 Å². The van der Waals surface area contributed by atoms with Gasteiger partial charge in [-0.05, 0) is 49.3 Å². The molecular formula is C22H32N2O5S. The quantitative estimate of drug-likeness (QED) is 0.692. The fourth-order valence-electron chi connectivity index (χ4n) is 4.29. The number of esters is 1. The number of piperidine rings is 1. The third-order valence-corrected chi connectivity index (χ3v) is 8.30. The van der Waals surface area contributed by atoms with Gasteiger partial charge in [0, 0.05) is 19.1 Å². The molecule has 0 unspecified atom stereocenters. The second kappa shape index (κ2) is 9.92. The van der Waals surface area contributed by atoms with Crippen LogP contribution in [0.25, 0.3) is 0 Å². The Morgan fingerprint density at radius 2 is 1.83 bits per heavy atom. The highest BCUT2D eigenvalue weighted by Crippen LogP contribution is 2.29. The lowest BCUT2D eigenvalue weighted by Gasteiger charge is -2.34. The first kappa shape index (κ1) is 22.7. The van der Waals surface area contributed by atoms with Crippen molar-refractivity contribution in [2.24, 2.45) is 11.8 Å². The first-order chi connectivity index (χ1) is 14.3. The first-order valence-corrected chi connectivity index (χ1v) is 12.3. The SMILES string of the molecule is C[C@@H]1[C@H](C)CCC[C@H]1NC(=O)COC(=O)c1cccc(S(=O)(=O)N2CCCCC2)c1. The Balaban J connectivity index is 1.58. The van der Waals surface area contributed by atoms with E-state index in [1.807, 2.05) is 0 Å². The van der Waals surface area contributed by atoms with E-state index in [9.17, 15) is 18.0 Å². The van der Waals surface area contributed by atoms with Crippen molar-refractivity contribution in [1.82, 2.24) is 9.62 Å². The first-order valence-electron chi connectivity index (χ1n) is 10.9. The summed E-state index contributed by atoms with van der Waals surface area (Å²) < 4.78 is 32.2. The zero-order valence-electron chi connectivity index (χ0n) is 17.8. The molecule has 2 fully saturated rings. The van der Waals surface area contributed by atoms with Gasteiger partial charge in [0.05, 0.1) is 10.5 Å². The summed E-state index contributed by atoms with van der Waals surface area (Å²) in [5.41, 5.74) is 0.126. The van der Waals surface area contributed by atoms with Crippen LogP contribution >= 0.6 is 0 Å². The predicted molar refractivity (Wildman–Crippen MR) is 113 cm³/mol. The molecule has 0 spiro atoms. The van der Waals surface area contributed by atoms with Crippen molar-refractivity contribution >= 4 is 21.9 Å². The zero-order valence-corrected chi connectivity index (χ0v) is 18.6. The zero-order chi connectivity index (χ0) is 21.7. The second-order valence-electron chi connectivity index (χ2n) is 8.51. The van der Waals surface area contributed by atoms with E-state index in [4.69, 9.17) is 4.74 Å². The summed E-state index contributed by atoms with van der Waals surface area (Å²) in [6.07, 6.45) is 5.89. The van der Waals surface area contributed by atoms with Crippen LogP contribution in [0.4, 0.5) is 0 Å². The summed E-state index contributed by atoms with van der Waals surface area (Å²) in [4.78, 5) is 24.7. The lowest BCUT2D eigenvalue weighted by molar-refractivity contribution is -0.125. The van der Waals surface area contributed by atoms with E-state index < -0.39 is 16.0 Å². The van der Waals surface area contributed by atoms with Crippen LogP contribution in [0.15, 0.2) is 29.2 Å². The maximum Gasteiger partial charge on any atom is 0.338 e. The molecule has 1 aromatic carbocycles. The Kier molecular flexibility index (Phi) is 7.52. The molecule has 1 aromatic rings. The molecule has 166 valence electrons. The number of carbonyl (C=O) groups excluding carboxylic acids is 2. The summed E-state index contributed by atoms with van der Waals surface area (Å²) >= 11 is 0. The predicted octanol–water partition coefficient (Wildman–Crippen LogP) is 2.96. The number of amides is 1. The molecule has 0 aromatic heterocycles. The highest BCUT2D eigenvalue weighted by atomic mass is 32.2. The van der Waals surface area contributed by atoms with Gasteiger partial charge in [-0.15, -0.1) is 0 Å². The third-order valence-electron chi connectivity index (χ3n) is 6.41. The van der Waals surface area contributed by atoms with Crippen molar-refractivity contribution in [1.29, 1.82) is 0 Å². The number of hydrogen-bond donors (Lipinski definition) is 1. The summed E-state index contributed by atoms with van der Waals surface area (Å²) in [6.45, 7) is 4.94. The Morgan fingerprint density at radius 3 is 2.57 bits per heavy atom. The monoisotopic (exact) mass is 436 g/mol. The van der Waals surface area contributed by atoms with Gasteiger partial charge in [0.25, 0.3) is 5.91 Å². The van der Waals surface area contributed by atoms with Crippen LogP contribution in [0.2, 0.25) is 0 Å². The van der Waals surface area contributed by atoms with Crippen molar-refractivity contribution in [3.05, 3.63) is 29.8 Å². The number of ether oxygens (including phenoxy) is 1. The Morgan fingerprint density at radius 1 is 1.10 bits per heavy atom. The lowest BCUT2D eigenvalue weighted by atomic mass is 9.78. The highest BCUT2D eigenvalue weighted by molar-refractivity contribution is 7.89. The van der Waals surface area contributed by atoms with Crippen LogP contribution in [0, 0.1) is 11.8 Å². The van der Waals surface area contributed by atoms with Crippen LogP contribution in [-0.2, 0) is 19.6 Å². The Hall–Kier alpha value is -1.93. The van der Waals surface area contributed by atoms with E-state index in [-0.39, 0.29) is 29.0 Å². The third kappa shape index (κ3) is 5.40. The molecule has 1 heterocycles.